The molecule has 0 radical (unpaired) electrons. The van der Waals surface area contributed by atoms with E-state index < -0.39 is 4.92 Å². The summed E-state index contributed by atoms with van der Waals surface area (Å²) in [6.45, 7) is 2.05. The molecule has 0 aliphatic carbocycles. The second-order valence-electron chi connectivity index (χ2n) is 7.62. The lowest BCUT2D eigenvalue weighted by molar-refractivity contribution is -0.384. The van der Waals surface area contributed by atoms with Crippen molar-refractivity contribution in [2.45, 2.75) is 39.1 Å². The largest absolute Gasteiger partial charge is 0.390 e. The fourth-order valence-corrected chi connectivity index (χ4v) is 3.30. The lowest BCUT2D eigenvalue weighted by atomic mass is 10.1. The molecule has 0 saturated heterocycles. The topological polar surface area (TPSA) is 147 Å². The Morgan fingerprint density at radius 1 is 0.941 bits per heavy atom. The van der Waals surface area contributed by atoms with Gasteiger partial charge in [0.25, 0.3) is 5.69 Å². The van der Waals surface area contributed by atoms with Crippen molar-refractivity contribution in [3.63, 3.8) is 0 Å². The Morgan fingerprint density at radius 2 is 1.74 bits per heavy atom. The van der Waals surface area contributed by atoms with E-state index in [2.05, 4.69) is 25.6 Å². The predicted octanol–water partition coefficient (Wildman–Crippen LogP) is 2.38. The molecule has 0 unspecified atom stereocenters. The Labute approximate surface area is 195 Å². The maximum Gasteiger partial charge on any atom is 0.269 e. The smallest absolute Gasteiger partial charge is 0.269 e. The summed E-state index contributed by atoms with van der Waals surface area (Å²) < 4.78 is 9.15. The first-order valence-electron chi connectivity index (χ1n) is 10.8. The van der Waals surface area contributed by atoms with Gasteiger partial charge in [-0.05, 0) is 37.1 Å². The van der Waals surface area contributed by atoms with Crippen LogP contribution in [0.5, 0.6) is 0 Å². The van der Waals surface area contributed by atoms with Gasteiger partial charge in [0.05, 0.1) is 48.5 Å². The summed E-state index contributed by atoms with van der Waals surface area (Å²) in [5.74, 6) is 0. The molecule has 3 heterocycles. The maximum atomic E-state index is 10.8. The van der Waals surface area contributed by atoms with Crippen LogP contribution in [0.15, 0.2) is 54.9 Å². The summed E-state index contributed by atoms with van der Waals surface area (Å²) in [6, 6.07) is 12.0. The minimum Gasteiger partial charge on any atom is -0.390 e. The minimum atomic E-state index is -0.428. The summed E-state index contributed by atoms with van der Waals surface area (Å²) in [4.78, 5) is 14.9. The number of hydrogen-bond acceptors (Lipinski definition) is 9. The van der Waals surface area contributed by atoms with Crippen molar-refractivity contribution < 1.29 is 14.8 Å². The third-order valence-electron chi connectivity index (χ3n) is 5.02. The highest BCUT2D eigenvalue weighted by Crippen LogP contribution is 2.20. The lowest BCUT2D eigenvalue weighted by Crippen LogP contribution is -2.06. The molecule has 0 fully saturated rings. The third-order valence-corrected chi connectivity index (χ3v) is 5.02. The Hall–Kier alpha value is -4.03. The number of ether oxygens (including phenoxy) is 1. The van der Waals surface area contributed by atoms with Crippen molar-refractivity contribution in [1.29, 1.82) is 0 Å². The van der Waals surface area contributed by atoms with Crippen molar-refractivity contribution in [1.82, 2.24) is 35.0 Å². The number of nitro groups is 1. The number of nitrogens with zero attached hydrogens (tertiary/aromatic N) is 8. The lowest BCUT2D eigenvalue weighted by Gasteiger charge is -2.06. The van der Waals surface area contributed by atoms with E-state index in [1.54, 1.807) is 27.7 Å². The summed E-state index contributed by atoms with van der Waals surface area (Å²) >= 11 is 0. The monoisotopic (exact) mass is 464 g/mol. The third kappa shape index (κ3) is 6.27. The van der Waals surface area contributed by atoms with Gasteiger partial charge >= 0.3 is 0 Å². The van der Waals surface area contributed by atoms with Gasteiger partial charge in [0.2, 0.25) is 0 Å². The molecule has 12 heteroatoms. The fraction of sp³-hybridized carbons (Fsp3) is 0.318. The molecule has 176 valence electrons. The van der Waals surface area contributed by atoms with Crippen LogP contribution in [-0.2, 0) is 31.0 Å². The number of aliphatic hydroxyl groups excluding tert-OH is 1. The van der Waals surface area contributed by atoms with Crippen molar-refractivity contribution in [2.75, 3.05) is 6.61 Å². The standard InChI is InChI=1S/C22H24N8O4/c31-15-20-13-29(26-24-20)12-18-4-3-5-19(23-18)16-34-11-2-1-10-28-14-22(25-27-28)17-6-8-21(9-7-17)30(32)33/h3-9,13-14,31H,1-2,10-12,15-16H2. The van der Waals surface area contributed by atoms with Crippen molar-refractivity contribution in [3.05, 3.63) is 82.1 Å². The van der Waals surface area contributed by atoms with E-state index in [0.717, 1.165) is 29.8 Å². The van der Waals surface area contributed by atoms with Crippen molar-refractivity contribution in [2.24, 2.45) is 0 Å². The highest BCUT2D eigenvalue weighted by atomic mass is 16.6. The molecule has 0 amide bonds. The SMILES string of the molecule is O=[N+]([O-])c1ccc(-c2cn(CCCCOCc3cccc(Cn4cc(CO)nn4)n3)nn2)cc1. The highest BCUT2D eigenvalue weighted by molar-refractivity contribution is 5.59. The van der Waals surface area contributed by atoms with Gasteiger partial charge in [-0.25, -0.2) is 4.68 Å². The predicted molar refractivity (Wildman–Crippen MR) is 120 cm³/mol. The first-order valence-corrected chi connectivity index (χ1v) is 10.8. The molecule has 34 heavy (non-hydrogen) atoms. The molecule has 1 aromatic carbocycles. The van der Waals surface area contributed by atoms with Crippen LogP contribution in [0.4, 0.5) is 5.69 Å². The first kappa shape index (κ1) is 23.1. The quantitative estimate of drug-likeness (QED) is 0.189. The van der Waals surface area contributed by atoms with Gasteiger partial charge in [0, 0.05) is 30.8 Å². The summed E-state index contributed by atoms with van der Waals surface area (Å²) in [7, 11) is 0. The number of benzene rings is 1. The zero-order valence-corrected chi connectivity index (χ0v) is 18.4. The van der Waals surface area contributed by atoms with Gasteiger partial charge in [-0.1, -0.05) is 16.5 Å². The van der Waals surface area contributed by atoms with Crippen LogP contribution in [0.1, 0.15) is 29.9 Å². The van der Waals surface area contributed by atoms with Crippen LogP contribution in [0.2, 0.25) is 0 Å². The van der Waals surface area contributed by atoms with Crippen LogP contribution in [0.3, 0.4) is 0 Å². The van der Waals surface area contributed by atoms with E-state index in [1.807, 2.05) is 24.4 Å². The van der Waals surface area contributed by atoms with Crippen LogP contribution in [0.25, 0.3) is 11.3 Å². The van der Waals surface area contributed by atoms with E-state index >= 15 is 0 Å². The van der Waals surface area contributed by atoms with E-state index in [9.17, 15) is 10.1 Å². The summed E-state index contributed by atoms with van der Waals surface area (Å²) in [6.07, 6.45) is 5.25. The molecule has 0 atom stereocenters. The van der Waals surface area contributed by atoms with E-state index in [4.69, 9.17) is 9.84 Å². The molecule has 0 aliphatic rings. The molecular formula is C22H24N8O4. The number of unbranched alkanes of at least 4 members (excludes halogenated alkanes) is 1. The Bertz CT molecular complexity index is 1220. The Kier molecular flexibility index (Phi) is 7.63. The first-order chi connectivity index (χ1) is 16.6. The fourth-order valence-electron chi connectivity index (χ4n) is 3.30. The molecule has 3 aromatic heterocycles. The van der Waals surface area contributed by atoms with E-state index in [-0.39, 0.29) is 12.3 Å². The normalized spacial score (nSPS) is 11.1. The molecule has 0 bridgehead atoms. The molecular weight excluding hydrogens is 440 g/mol. The van der Waals surface area contributed by atoms with Gasteiger partial charge in [-0.2, -0.15) is 0 Å². The molecule has 12 nitrogen and oxygen atoms in total. The number of hydrogen-bond donors (Lipinski definition) is 1. The van der Waals surface area contributed by atoms with Crippen LogP contribution < -0.4 is 0 Å². The zero-order chi connectivity index (χ0) is 23.8. The number of aryl methyl sites for hydroxylation is 1. The molecule has 0 aliphatic heterocycles. The Balaban J connectivity index is 1.17. The second kappa shape index (κ2) is 11.2. The van der Waals surface area contributed by atoms with Gasteiger partial charge in [0.15, 0.2) is 0 Å². The summed E-state index contributed by atoms with van der Waals surface area (Å²) in [5.41, 5.74) is 3.70. The number of nitro benzene ring substituents is 1. The number of non-ortho nitro benzene ring substituents is 1. The van der Waals surface area contributed by atoms with Crippen molar-refractivity contribution >= 4 is 5.69 Å². The highest BCUT2D eigenvalue weighted by Gasteiger charge is 2.08. The number of pyridine rings is 1. The van der Waals surface area contributed by atoms with Crippen molar-refractivity contribution in [3.8, 4) is 11.3 Å². The van der Waals surface area contributed by atoms with Crippen LogP contribution in [0, 0.1) is 10.1 Å². The average molecular weight is 464 g/mol. The van der Waals surface area contributed by atoms with Crippen LogP contribution in [-0.4, -0.2) is 51.6 Å². The second-order valence-corrected chi connectivity index (χ2v) is 7.62. The van der Waals surface area contributed by atoms with Gasteiger partial charge in [-0.15, -0.1) is 10.2 Å². The summed E-state index contributed by atoms with van der Waals surface area (Å²) in [5, 5.41) is 35.9. The zero-order valence-electron chi connectivity index (χ0n) is 18.4. The number of rotatable bonds is 12. The molecule has 4 rings (SSSR count). The van der Waals surface area contributed by atoms with Crippen LogP contribution >= 0.6 is 0 Å². The van der Waals surface area contributed by atoms with Gasteiger partial charge < -0.3 is 9.84 Å². The number of aromatic nitrogens is 7. The average Bonchev–Trinajstić information content (AvgIpc) is 3.51. The van der Waals surface area contributed by atoms with Gasteiger partial charge in [-0.3, -0.25) is 19.8 Å². The van der Waals surface area contributed by atoms with E-state index in [0.29, 0.717) is 37.7 Å². The molecule has 1 N–H and O–H groups in total. The molecule has 0 saturated carbocycles. The maximum absolute atomic E-state index is 10.8. The van der Waals surface area contributed by atoms with E-state index in [1.165, 1.54) is 12.1 Å². The molecule has 0 spiro atoms. The molecule has 4 aromatic rings. The minimum absolute atomic E-state index is 0.0462. The number of aliphatic hydroxyl groups is 1. The Morgan fingerprint density at radius 3 is 2.50 bits per heavy atom. The van der Waals surface area contributed by atoms with Gasteiger partial charge in [0.1, 0.15) is 11.4 Å².